The minimum atomic E-state index is -4.61. The molecule has 1 aromatic carbocycles. The number of nitrogens with one attached hydrogen (secondary N) is 1. The average molecular weight is 497 g/mol. The second-order valence-electron chi connectivity index (χ2n) is 6.99. The van der Waals surface area contributed by atoms with Crippen LogP contribution < -0.4 is 10.1 Å². The Hall–Kier alpha value is -3.67. The van der Waals surface area contributed by atoms with Gasteiger partial charge in [-0.15, -0.1) is 0 Å². The average Bonchev–Trinajstić information content (AvgIpc) is 2.79. The zero-order chi connectivity index (χ0) is 24.5. The van der Waals surface area contributed by atoms with E-state index in [1.807, 2.05) is 0 Å². The summed E-state index contributed by atoms with van der Waals surface area (Å²) in [6.45, 7) is -1.29. The Balaban J connectivity index is 1.69. The summed E-state index contributed by atoms with van der Waals surface area (Å²) in [7, 11) is 0. The van der Waals surface area contributed by atoms with E-state index in [-0.39, 0.29) is 27.5 Å². The van der Waals surface area contributed by atoms with Crippen molar-refractivity contribution in [2.24, 2.45) is 0 Å². The molecule has 34 heavy (non-hydrogen) atoms. The van der Waals surface area contributed by atoms with Crippen LogP contribution in [0.5, 0.6) is 5.75 Å². The molecule has 0 aliphatic heterocycles. The highest BCUT2D eigenvalue weighted by Gasteiger charge is 2.32. The number of anilines is 1. The molecule has 0 saturated heterocycles. The van der Waals surface area contributed by atoms with Crippen molar-refractivity contribution in [2.45, 2.75) is 25.8 Å². The Kier molecular flexibility index (Phi) is 6.42. The van der Waals surface area contributed by atoms with Crippen LogP contribution in [0.4, 0.5) is 27.8 Å². The standard InChI is InChI=1S/C21H14ClF5N6O/c1-10(16-18(29-5-4-28-16)15-3-2-12(8-30-15)34-20(23)24)33-19-13-6-11(21(25,26)27)7-14(22)17(13)31-9-32-19/h2-10,20H,1H3,(H,31,32,33). The number of pyridine rings is 1. The van der Waals surface area contributed by atoms with Crippen LogP contribution in [-0.4, -0.2) is 31.5 Å². The van der Waals surface area contributed by atoms with E-state index in [1.165, 1.54) is 30.9 Å². The summed E-state index contributed by atoms with van der Waals surface area (Å²) in [5.41, 5.74) is 0.259. The summed E-state index contributed by atoms with van der Waals surface area (Å²) in [6.07, 6.45) is 0.544. The van der Waals surface area contributed by atoms with Crippen molar-refractivity contribution < 1.29 is 26.7 Å². The molecule has 3 aromatic heterocycles. The second kappa shape index (κ2) is 9.29. The Labute approximate surface area is 194 Å². The van der Waals surface area contributed by atoms with Gasteiger partial charge in [0.1, 0.15) is 23.6 Å². The number of benzene rings is 1. The number of fused-ring (bicyclic) bond motifs is 1. The number of nitrogens with zero attached hydrogens (tertiary/aromatic N) is 5. The molecule has 176 valence electrons. The third-order valence-electron chi connectivity index (χ3n) is 4.71. The summed E-state index contributed by atoms with van der Waals surface area (Å²) in [4.78, 5) is 20.7. The fourth-order valence-corrected chi connectivity index (χ4v) is 3.50. The number of hydrogen-bond acceptors (Lipinski definition) is 7. The van der Waals surface area contributed by atoms with Crippen molar-refractivity contribution in [3.8, 4) is 17.1 Å². The predicted molar refractivity (Wildman–Crippen MR) is 113 cm³/mol. The van der Waals surface area contributed by atoms with Gasteiger partial charge in [-0.1, -0.05) is 11.6 Å². The Morgan fingerprint density at radius 3 is 2.44 bits per heavy atom. The molecule has 7 nitrogen and oxygen atoms in total. The highest BCUT2D eigenvalue weighted by molar-refractivity contribution is 6.35. The third kappa shape index (κ3) is 4.96. The lowest BCUT2D eigenvalue weighted by Gasteiger charge is -2.18. The first-order valence-electron chi connectivity index (χ1n) is 9.63. The van der Waals surface area contributed by atoms with Crippen LogP contribution in [0.25, 0.3) is 22.3 Å². The Morgan fingerprint density at radius 1 is 1.00 bits per heavy atom. The van der Waals surface area contributed by atoms with Crippen molar-refractivity contribution in [1.29, 1.82) is 0 Å². The zero-order valence-electron chi connectivity index (χ0n) is 17.2. The highest BCUT2D eigenvalue weighted by atomic mass is 35.5. The fraction of sp³-hybridized carbons (Fsp3) is 0.190. The van der Waals surface area contributed by atoms with Crippen molar-refractivity contribution in [3.05, 3.63) is 65.5 Å². The summed E-state index contributed by atoms with van der Waals surface area (Å²) in [6, 6.07) is 3.86. The number of rotatable bonds is 6. The molecule has 13 heteroatoms. The van der Waals surface area contributed by atoms with Crippen LogP contribution in [-0.2, 0) is 6.18 Å². The fourth-order valence-electron chi connectivity index (χ4n) is 3.23. The normalized spacial score (nSPS) is 12.7. The van der Waals surface area contributed by atoms with Gasteiger partial charge in [-0.05, 0) is 31.2 Å². The van der Waals surface area contributed by atoms with Gasteiger partial charge < -0.3 is 10.1 Å². The van der Waals surface area contributed by atoms with Gasteiger partial charge in [0, 0.05) is 17.8 Å². The van der Waals surface area contributed by atoms with Crippen LogP contribution in [0.3, 0.4) is 0 Å². The second-order valence-corrected chi connectivity index (χ2v) is 7.40. The molecule has 1 unspecified atom stereocenters. The molecule has 0 radical (unpaired) electrons. The lowest BCUT2D eigenvalue weighted by atomic mass is 10.1. The first-order chi connectivity index (χ1) is 16.1. The molecule has 0 bridgehead atoms. The van der Waals surface area contributed by atoms with Gasteiger partial charge in [-0.2, -0.15) is 22.0 Å². The SMILES string of the molecule is CC(Nc1ncnc2c(Cl)cc(C(F)(F)F)cc12)c1nccnc1-c1ccc(OC(F)F)cn1. The monoisotopic (exact) mass is 496 g/mol. The molecule has 4 aromatic rings. The summed E-state index contributed by atoms with van der Waals surface area (Å²) < 4.78 is 69.0. The van der Waals surface area contributed by atoms with E-state index in [2.05, 4.69) is 35.0 Å². The number of alkyl halides is 5. The van der Waals surface area contributed by atoms with Crippen LogP contribution in [0.1, 0.15) is 24.2 Å². The van der Waals surface area contributed by atoms with E-state index >= 15 is 0 Å². The molecule has 1 atom stereocenters. The predicted octanol–water partition coefficient (Wildman–Crippen LogP) is 5.93. The number of ether oxygens (including phenoxy) is 1. The lowest BCUT2D eigenvalue weighted by Crippen LogP contribution is -2.13. The molecule has 1 N–H and O–H groups in total. The summed E-state index contributed by atoms with van der Waals surface area (Å²) in [5, 5.41) is 2.93. The van der Waals surface area contributed by atoms with E-state index in [0.717, 1.165) is 18.3 Å². The molecule has 0 fully saturated rings. The van der Waals surface area contributed by atoms with Gasteiger partial charge in [-0.3, -0.25) is 15.0 Å². The van der Waals surface area contributed by atoms with Gasteiger partial charge in [-0.25, -0.2) is 9.97 Å². The maximum atomic E-state index is 13.3. The largest absolute Gasteiger partial charge is 0.433 e. The van der Waals surface area contributed by atoms with Gasteiger partial charge in [0.25, 0.3) is 0 Å². The highest BCUT2D eigenvalue weighted by Crippen LogP contribution is 2.37. The molecule has 0 spiro atoms. The summed E-state index contributed by atoms with van der Waals surface area (Å²) in [5.74, 6) is -0.0177. The first kappa shape index (κ1) is 23.5. The van der Waals surface area contributed by atoms with Gasteiger partial charge in [0.15, 0.2) is 0 Å². The summed E-state index contributed by atoms with van der Waals surface area (Å²) >= 11 is 6.04. The van der Waals surface area contributed by atoms with E-state index in [4.69, 9.17) is 11.6 Å². The lowest BCUT2D eigenvalue weighted by molar-refractivity contribution is -0.137. The van der Waals surface area contributed by atoms with E-state index in [9.17, 15) is 22.0 Å². The third-order valence-corrected chi connectivity index (χ3v) is 5.00. The zero-order valence-corrected chi connectivity index (χ0v) is 17.9. The van der Waals surface area contributed by atoms with Crippen LogP contribution >= 0.6 is 11.6 Å². The van der Waals surface area contributed by atoms with Crippen LogP contribution in [0.2, 0.25) is 5.02 Å². The Morgan fingerprint density at radius 2 is 1.76 bits per heavy atom. The quantitative estimate of drug-likeness (QED) is 0.331. The molecule has 0 saturated carbocycles. The smallest absolute Gasteiger partial charge is 0.416 e. The van der Waals surface area contributed by atoms with Crippen molar-refractivity contribution in [1.82, 2.24) is 24.9 Å². The molecule has 0 aliphatic carbocycles. The number of hydrogen-bond donors (Lipinski definition) is 1. The molecular weight excluding hydrogens is 483 g/mol. The van der Waals surface area contributed by atoms with Crippen LogP contribution in [0, 0.1) is 0 Å². The number of halogens is 6. The van der Waals surface area contributed by atoms with Gasteiger partial charge in [0.05, 0.1) is 39.7 Å². The minimum absolute atomic E-state index is 0.0752. The molecular formula is C21H14ClF5N6O. The van der Waals surface area contributed by atoms with Gasteiger partial charge >= 0.3 is 12.8 Å². The van der Waals surface area contributed by atoms with Gasteiger partial charge in [0.2, 0.25) is 0 Å². The topological polar surface area (TPSA) is 85.7 Å². The molecule has 3 heterocycles. The Bertz CT molecular complexity index is 1320. The number of aromatic nitrogens is 5. The first-order valence-corrected chi connectivity index (χ1v) is 10.0. The van der Waals surface area contributed by atoms with E-state index in [1.54, 1.807) is 6.92 Å². The maximum absolute atomic E-state index is 13.3. The molecule has 4 rings (SSSR count). The van der Waals surface area contributed by atoms with Crippen molar-refractivity contribution in [3.63, 3.8) is 0 Å². The maximum Gasteiger partial charge on any atom is 0.416 e. The van der Waals surface area contributed by atoms with E-state index < -0.39 is 24.4 Å². The minimum Gasteiger partial charge on any atom is -0.433 e. The van der Waals surface area contributed by atoms with E-state index in [0.29, 0.717) is 17.1 Å². The van der Waals surface area contributed by atoms with Crippen molar-refractivity contribution >= 4 is 28.3 Å². The molecule has 0 aliphatic rings. The molecule has 0 amide bonds. The van der Waals surface area contributed by atoms with Crippen molar-refractivity contribution in [2.75, 3.05) is 5.32 Å². The van der Waals surface area contributed by atoms with Crippen LogP contribution in [0.15, 0.2) is 49.2 Å².